The van der Waals surface area contributed by atoms with Crippen LogP contribution in [0.3, 0.4) is 0 Å². The minimum atomic E-state index is -3.76. The average molecular weight is 634 g/mol. The van der Waals surface area contributed by atoms with E-state index in [2.05, 4.69) is 20.3 Å². The van der Waals surface area contributed by atoms with E-state index in [0.717, 1.165) is 10.8 Å². The van der Waals surface area contributed by atoms with Gasteiger partial charge in [-0.3, -0.25) is 4.79 Å². The predicted molar refractivity (Wildman–Crippen MR) is 179 cm³/mol. The first-order chi connectivity index (χ1) is 21.2. The Morgan fingerprint density at radius 1 is 0.956 bits per heavy atom. The third-order valence-electron chi connectivity index (χ3n) is 6.80. The molecule has 0 aliphatic carbocycles. The maximum absolute atomic E-state index is 14.0. The van der Waals surface area contributed by atoms with Crippen LogP contribution in [0, 0.1) is 0 Å². The number of anilines is 2. The summed E-state index contributed by atoms with van der Waals surface area (Å²) in [5, 5.41) is 8.13. The van der Waals surface area contributed by atoms with E-state index in [9.17, 15) is 13.2 Å². The summed E-state index contributed by atoms with van der Waals surface area (Å²) < 4.78 is 40.5. The fourth-order valence-electron chi connectivity index (χ4n) is 4.87. The molecular weight excluding hydrogens is 590 g/mol. The number of amides is 1. The number of hydrogen-bond acceptors (Lipinski definition) is 8. The zero-order valence-electron chi connectivity index (χ0n) is 26.8. The highest BCUT2D eigenvalue weighted by Crippen LogP contribution is 2.34. The Bertz CT molecular complexity index is 1770. The summed E-state index contributed by atoms with van der Waals surface area (Å²) in [5.41, 5.74) is 7.40. The quantitative estimate of drug-likeness (QED) is 0.146. The van der Waals surface area contributed by atoms with Crippen LogP contribution < -0.4 is 30.6 Å². The molecule has 0 saturated carbocycles. The lowest BCUT2D eigenvalue weighted by Gasteiger charge is -2.25. The van der Waals surface area contributed by atoms with Crippen molar-refractivity contribution in [3.8, 4) is 11.5 Å². The normalized spacial score (nSPS) is 13.3. The number of nitrogens with zero attached hydrogens (tertiary/aromatic N) is 1. The van der Waals surface area contributed by atoms with Gasteiger partial charge in [-0.15, -0.1) is 0 Å². The minimum Gasteiger partial charge on any atom is -0.490 e. The highest BCUT2D eigenvalue weighted by Gasteiger charge is 2.26. The van der Waals surface area contributed by atoms with Crippen molar-refractivity contribution in [1.82, 2.24) is 15.0 Å². The Balaban J connectivity index is 1.68. The Morgan fingerprint density at radius 2 is 1.71 bits per heavy atom. The molecule has 4 rings (SSSR count). The molecule has 0 saturated heterocycles. The monoisotopic (exact) mass is 633 g/mol. The van der Waals surface area contributed by atoms with Crippen LogP contribution in [0.5, 0.6) is 11.5 Å². The van der Waals surface area contributed by atoms with E-state index < -0.39 is 27.6 Å². The first-order valence-electron chi connectivity index (χ1n) is 15.0. The van der Waals surface area contributed by atoms with Gasteiger partial charge in [0.15, 0.2) is 11.5 Å². The van der Waals surface area contributed by atoms with Crippen LogP contribution in [-0.2, 0) is 14.8 Å². The Labute approximate surface area is 265 Å². The van der Waals surface area contributed by atoms with Crippen LogP contribution in [-0.4, -0.2) is 37.6 Å². The van der Waals surface area contributed by atoms with Crippen LogP contribution >= 0.6 is 0 Å². The second kappa shape index (κ2) is 13.7. The first-order valence-corrected chi connectivity index (χ1v) is 16.4. The van der Waals surface area contributed by atoms with Crippen LogP contribution in [0.2, 0.25) is 0 Å². The van der Waals surface area contributed by atoms with Gasteiger partial charge in [-0.1, -0.05) is 18.2 Å². The van der Waals surface area contributed by atoms with Gasteiger partial charge in [0.25, 0.3) is 0 Å². The molecule has 0 aliphatic rings. The second-order valence-corrected chi connectivity index (χ2v) is 13.9. The molecule has 1 amide bonds. The van der Waals surface area contributed by atoms with E-state index in [-0.39, 0.29) is 16.9 Å². The number of nitrogens with two attached hydrogens (primary N) is 1. The number of aromatic nitrogens is 1. The highest BCUT2D eigenvalue weighted by molar-refractivity contribution is 7.89. The number of rotatable bonds is 12. The summed E-state index contributed by atoms with van der Waals surface area (Å²) in [6.07, 6.45) is 1.58. The molecule has 0 bridgehead atoms. The Hall–Kier alpha value is -4.35. The number of sulfonamides is 1. The molecule has 45 heavy (non-hydrogen) atoms. The Morgan fingerprint density at radius 3 is 2.40 bits per heavy atom. The fraction of sp³-hybridized carbons (Fsp3) is 0.353. The van der Waals surface area contributed by atoms with Crippen molar-refractivity contribution in [3.05, 3.63) is 84.1 Å². The van der Waals surface area contributed by atoms with Gasteiger partial charge in [-0.2, -0.15) is 0 Å². The van der Waals surface area contributed by atoms with Crippen molar-refractivity contribution in [2.45, 2.75) is 77.1 Å². The van der Waals surface area contributed by atoms with Gasteiger partial charge in [0.1, 0.15) is 11.9 Å². The van der Waals surface area contributed by atoms with E-state index in [1.807, 2.05) is 58.0 Å². The Kier molecular flexibility index (Phi) is 10.2. The molecule has 240 valence electrons. The van der Waals surface area contributed by atoms with Gasteiger partial charge in [0.05, 0.1) is 23.6 Å². The molecule has 0 fully saturated rings. The zero-order chi connectivity index (χ0) is 32.9. The van der Waals surface area contributed by atoms with E-state index in [0.29, 0.717) is 40.7 Å². The lowest BCUT2D eigenvalue weighted by molar-refractivity contribution is -0.122. The van der Waals surface area contributed by atoms with E-state index in [1.165, 1.54) is 6.07 Å². The average Bonchev–Trinajstić information content (AvgIpc) is 2.95. The molecule has 1 aromatic heterocycles. The lowest BCUT2D eigenvalue weighted by atomic mass is 10.0. The molecule has 4 aromatic rings. The molecule has 5 N–H and O–H groups in total. The number of ether oxygens (including phenoxy) is 2. The van der Waals surface area contributed by atoms with Gasteiger partial charge in [-0.05, 0) is 114 Å². The highest BCUT2D eigenvalue weighted by atomic mass is 32.2. The summed E-state index contributed by atoms with van der Waals surface area (Å²) in [7, 11) is -3.76. The third-order valence-corrected chi connectivity index (χ3v) is 8.56. The SMILES string of the molecule is CCOc1cc(C(Nc2ccc3c(N)nccc3c2)C(=O)NC(C)c2cccc(S(=O)(=O)NC(C)(C)C)c2)ccc1OC(C)C. The standard InChI is InChI=1S/C34H43N5O5S/c1-8-43-30-20-25(12-15-29(30)44-21(2)3)31(38-26-13-14-28-24(18-26)16-17-36-32(28)35)33(40)37-22(4)23-10-9-11-27(19-23)45(41,42)39-34(5,6)7/h9-22,31,38-39H,8H2,1-7H3,(H2,35,36)(H,37,40). The number of hydrogen-bond donors (Lipinski definition) is 4. The van der Waals surface area contributed by atoms with Crippen molar-refractivity contribution in [2.24, 2.45) is 0 Å². The third kappa shape index (κ3) is 8.64. The van der Waals surface area contributed by atoms with E-state index >= 15 is 0 Å². The van der Waals surface area contributed by atoms with Crippen LogP contribution in [0.4, 0.5) is 11.5 Å². The van der Waals surface area contributed by atoms with Crippen molar-refractivity contribution in [2.75, 3.05) is 17.7 Å². The van der Waals surface area contributed by atoms with Gasteiger partial charge in [0, 0.05) is 22.8 Å². The van der Waals surface area contributed by atoms with Crippen molar-refractivity contribution in [3.63, 3.8) is 0 Å². The van der Waals surface area contributed by atoms with Gasteiger partial charge in [0.2, 0.25) is 15.9 Å². The van der Waals surface area contributed by atoms with E-state index in [4.69, 9.17) is 15.2 Å². The molecule has 11 heteroatoms. The number of fused-ring (bicyclic) bond motifs is 1. The molecule has 2 atom stereocenters. The van der Waals surface area contributed by atoms with Crippen molar-refractivity contribution >= 4 is 38.2 Å². The van der Waals surface area contributed by atoms with Crippen LogP contribution in [0.15, 0.2) is 77.8 Å². The van der Waals surface area contributed by atoms with Crippen LogP contribution in [0.25, 0.3) is 10.8 Å². The number of carbonyl (C=O) groups excluding carboxylic acids is 1. The first kappa shape index (κ1) is 33.5. The maximum Gasteiger partial charge on any atom is 0.247 e. The topological polar surface area (TPSA) is 145 Å². The molecule has 3 aromatic carbocycles. The van der Waals surface area contributed by atoms with Crippen molar-refractivity contribution < 1.29 is 22.7 Å². The van der Waals surface area contributed by atoms with Crippen molar-refractivity contribution in [1.29, 1.82) is 0 Å². The molecule has 0 radical (unpaired) electrons. The molecule has 1 heterocycles. The van der Waals surface area contributed by atoms with Gasteiger partial charge >= 0.3 is 0 Å². The van der Waals surface area contributed by atoms with Gasteiger partial charge < -0.3 is 25.8 Å². The molecule has 2 unspecified atom stereocenters. The van der Waals surface area contributed by atoms with E-state index in [1.54, 1.807) is 57.3 Å². The second-order valence-electron chi connectivity index (χ2n) is 12.2. The largest absolute Gasteiger partial charge is 0.490 e. The number of carbonyl (C=O) groups is 1. The number of benzene rings is 3. The molecule has 0 aliphatic heterocycles. The summed E-state index contributed by atoms with van der Waals surface area (Å²) >= 11 is 0. The lowest BCUT2D eigenvalue weighted by Crippen LogP contribution is -2.40. The maximum atomic E-state index is 14.0. The molecular formula is C34H43N5O5S. The number of nitrogen functional groups attached to an aromatic ring is 1. The predicted octanol–water partition coefficient (Wildman–Crippen LogP) is 6.11. The number of pyridine rings is 1. The fourth-order valence-corrected chi connectivity index (χ4v) is 6.35. The molecule has 10 nitrogen and oxygen atoms in total. The summed E-state index contributed by atoms with van der Waals surface area (Å²) in [6, 6.07) is 18.1. The summed E-state index contributed by atoms with van der Waals surface area (Å²) in [5.74, 6) is 1.21. The van der Waals surface area contributed by atoms with Gasteiger partial charge in [-0.25, -0.2) is 18.1 Å². The molecule has 0 spiro atoms. The summed E-state index contributed by atoms with van der Waals surface area (Å²) in [4.78, 5) is 18.3. The minimum absolute atomic E-state index is 0.0640. The zero-order valence-corrected chi connectivity index (χ0v) is 27.7. The number of nitrogens with one attached hydrogen (secondary N) is 3. The smallest absolute Gasteiger partial charge is 0.247 e. The van der Waals surface area contributed by atoms with Crippen LogP contribution in [0.1, 0.15) is 71.7 Å². The summed E-state index contributed by atoms with van der Waals surface area (Å²) in [6.45, 7) is 13.3.